The fraction of sp³-hybridized carbons (Fsp3) is 0.158. The number of hydrogen-bond acceptors (Lipinski definition) is 2. The van der Waals surface area contributed by atoms with Crippen LogP contribution in [0.5, 0.6) is 0 Å². The number of thiocarbonyl (C=S) groups is 1. The van der Waals surface area contributed by atoms with Crippen molar-refractivity contribution in [3.8, 4) is 0 Å². The van der Waals surface area contributed by atoms with Crippen LogP contribution in [0.3, 0.4) is 0 Å². The Morgan fingerprint density at radius 3 is 2.40 bits per heavy atom. The van der Waals surface area contributed by atoms with Gasteiger partial charge < -0.3 is 10.2 Å². The van der Waals surface area contributed by atoms with Crippen LogP contribution in [0.2, 0.25) is 5.02 Å². The van der Waals surface area contributed by atoms with E-state index in [2.05, 4.69) is 51.6 Å². The van der Waals surface area contributed by atoms with Crippen molar-refractivity contribution in [3.63, 3.8) is 0 Å². The van der Waals surface area contributed by atoms with Crippen LogP contribution in [0, 0.1) is 13.8 Å². The van der Waals surface area contributed by atoms with Crippen LogP contribution in [0.1, 0.15) is 28.4 Å². The summed E-state index contributed by atoms with van der Waals surface area (Å²) >= 11 is 11.8. The van der Waals surface area contributed by atoms with Crippen molar-refractivity contribution in [2.45, 2.75) is 19.9 Å². The van der Waals surface area contributed by atoms with Gasteiger partial charge in [0.1, 0.15) is 0 Å². The highest BCUT2D eigenvalue weighted by molar-refractivity contribution is 7.80. The molecule has 1 unspecified atom stereocenters. The van der Waals surface area contributed by atoms with Crippen molar-refractivity contribution in [3.05, 3.63) is 75.9 Å². The Morgan fingerprint density at radius 2 is 1.72 bits per heavy atom. The molecule has 0 saturated carbocycles. The van der Waals surface area contributed by atoms with Crippen LogP contribution in [-0.2, 0) is 0 Å². The van der Waals surface area contributed by atoms with E-state index in [9.17, 15) is 0 Å². The lowest BCUT2D eigenvalue weighted by molar-refractivity contribution is 0.826. The second-order valence-corrected chi connectivity index (χ2v) is 7.02. The van der Waals surface area contributed by atoms with E-state index in [-0.39, 0.29) is 6.04 Å². The predicted octanol–water partition coefficient (Wildman–Crippen LogP) is 4.99. The first kappa shape index (κ1) is 16.1. The monoisotopic (exact) mass is 368 g/mol. The van der Waals surface area contributed by atoms with Crippen molar-refractivity contribution in [2.24, 2.45) is 0 Å². The molecule has 4 nitrogen and oxygen atoms in total. The number of aryl methyl sites for hydroxylation is 2. The third-order valence-electron chi connectivity index (χ3n) is 4.47. The summed E-state index contributed by atoms with van der Waals surface area (Å²) in [5.41, 5.74) is 5.47. The molecular weight excluding hydrogens is 352 g/mol. The maximum atomic E-state index is 6.09. The summed E-state index contributed by atoms with van der Waals surface area (Å²) in [6.07, 6.45) is 0. The average molecular weight is 369 g/mol. The standard InChI is InChI=1S/C19H17ClN4S/c1-11-3-9-15(10-4-11)24-17(13-5-7-14(20)8-6-13)16-12(2)22-23-18(16)21-19(24)25/h3-10,17H,1-2H3,(H2,21,22,23,25). The molecule has 2 N–H and O–H groups in total. The first-order chi connectivity index (χ1) is 12.0. The average Bonchev–Trinajstić information content (AvgIpc) is 2.96. The van der Waals surface area contributed by atoms with E-state index in [1.165, 1.54) is 5.56 Å². The summed E-state index contributed by atoms with van der Waals surface area (Å²) in [5.74, 6) is 0.783. The molecule has 0 fully saturated rings. The van der Waals surface area contributed by atoms with Gasteiger partial charge >= 0.3 is 0 Å². The van der Waals surface area contributed by atoms with Gasteiger partial charge in [0, 0.05) is 22.0 Å². The van der Waals surface area contributed by atoms with E-state index in [1.807, 2.05) is 31.2 Å². The third-order valence-corrected chi connectivity index (χ3v) is 5.02. The van der Waals surface area contributed by atoms with Crippen LogP contribution < -0.4 is 10.2 Å². The van der Waals surface area contributed by atoms with Gasteiger partial charge in [0.15, 0.2) is 10.9 Å². The highest BCUT2D eigenvalue weighted by atomic mass is 35.5. The zero-order valence-corrected chi connectivity index (χ0v) is 15.4. The van der Waals surface area contributed by atoms with Gasteiger partial charge in [-0.2, -0.15) is 5.10 Å². The summed E-state index contributed by atoms with van der Waals surface area (Å²) in [7, 11) is 0. The van der Waals surface area contributed by atoms with Gasteiger partial charge in [0.25, 0.3) is 0 Å². The number of nitrogens with zero attached hydrogens (tertiary/aromatic N) is 2. The zero-order valence-electron chi connectivity index (χ0n) is 13.9. The lowest BCUT2D eigenvalue weighted by Crippen LogP contribution is -2.42. The number of aromatic nitrogens is 2. The largest absolute Gasteiger partial charge is 0.315 e. The number of H-pyrrole nitrogens is 1. The highest BCUT2D eigenvalue weighted by Crippen LogP contribution is 2.41. The molecule has 0 aliphatic carbocycles. The SMILES string of the molecule is Cc1ccc(N2C(=S)Nc3n[nH]c(C)c3C2c2ccc(Cl)cc2)cc1. The Labute approximate surface area is 156 Å². The van der Waals surface area contributed by atoms with E-state index in [4.69, 9.17) is 23.8 Å². The molecule has 0 radical (unpaired) electrons. The molecule has 25 heavy (non-hydrogen) atoms. The molecule has 3 aromatic rings. The number of hydrogen-bond donors (Lipinski definition) is 2. The minimum Gasteiger partial charge on any atom is -0.315 e. The molecule has 1 atom stereocenters. The smallest absolute Gasteiger partial charge is 0.180 e. The zero-order chi connectivity index (χ0) is 17.6. The highest BCUT2D eigenvalue weighted by Gasteiger charge is 2.35. The number of anilines is 2. The minimum absolute atomic E-state index is 0.0672. The molecular formula is C19H17ClN4S. The van der Waals surface area contributed by atoms with Crippen molar-refractivity contribution in [1.29, 1.82) is 0 Å². The number of nitrogens with one attached hydrogen (secondary N) is 2. The fourth-order valence-corrected chi connectivity index (χ4v) is 3.64. The van der Waals surface area contributed by atoms with Gasteiger partial charge in [-0.05, 0) is 55.9 Å². The van der Waals surface area contributed by atoms with Crippen molar-refractivity contribution in [1.82, 2.24) is 10.2 Å². The molecule has 6 heteroatoms. The van der Waals surface area contributed by atoms with Gasteiger partial charge in [0.05, 0.1) is 6.04 Å². The molecule has 2 aromatic carbocycles. The summed E-state index contributed by atoms with van der Waals surface area (Å²) < 4.78 is 0. The normalized spacial score (nSPS) is 16.5. The van der Waals surface area contributed by atoms with Gasteiger partial charge in [-0.25, -0.2) is 0 Å². The quantitative estimate of drug-likeness (QED) is 0.626. The fourth-order valence-electron chi connectivity index (χ4n) is 3.21. The van der Waals surface area contributed by atoms with Gasteiger partial charge in [0.2, 0.25) is 0 Å². The summed E-state index contributed by atoms with van der Waals surface area (Å²) in [6, 6.07) is 16.2. The molecule has 0 amide bonds. The van der Waals surface area contributed by atoms with E-state index in [0.717, 1.165) is 28.3 Å². The van der Waals surface area contributed by atoms with Crippen LogP contribution in [0.15, 0.2) is 48.5 Å². The lowest BCUT2D eigenvalue weighted by Gasteiger charge is -2.38. The Morgan fingerprint density at radius 1 is 1.04 bits per heavy atom. The number of fused-ring (bicyclic) bond motifs is 1. The molecule has 0 spiro atoms. The molecule has 1 aromatic heterocycles. The summed E-state index contributed by atoms with van der Waals surface area (Å²) in [5, 5.41) is 12.0. The van der Waals surface area contributed by atoms with E-state index < -0.39 is 0 Å². The van der Waals surface area contributed by atoms with Gasteiger partial charge in [-0.15, -0.1) is 0 Å². The third kappa shape index (κ3) is 2.79. The summed E-state index contributed by atoms with van der Waals surface area (Å²) in [6.45, 7) is 4.10. The van der Waals surface area contributed by atoms with Crippen LogP contribution in [-0.4, -0.2) is 15.3 Å². The number of benzene rings is 2. The van der Waals surface area contributed by atoms with Gasteiger partial charge in [-0.3, -0.25) is 5.10 Å². The summed E-state index contributed by atoms with van der Waals surface area (Å²) in [4.78, 5) is 2.13. The van der Waals surface area contributed by atoms with E-state index in [1.54, 1.807) is 0 Å². The number of rotatable bonds is 2. The molecule has 2 heterocycles. The first-order valence-corrected chi connectivity index (χ1v) is 8.80. The Kier molecular flexibility index (Phi) is 3.98. The second kappa shape index (κ2) is 6.17. The van der Waals surface area contributed by atoms with Crippen molar-refractivity contribution >= 4 is 40.4 Å². The minimum atomic E-state index is -0.0672. The molecule has 1 aliphatic heterocycles. The first-order valence-electron chi connectivity index (χ1n) is 8.02. The van der Waals surface area contributed by atoms with Gasteiger partial charge in [-0.1, -0.05) is 41.4 Å². The maximum Gasteiger partial charge on any atom is 0.180 e. The Balaban J connectivity index is 1.91. The maximum absolute atomic E-state index is 6.09. The topological polar surface area (TPSA) is 44.0 Å². The van der Waals surface area contributed by atoms with Crippen LogP contribution >= 0.6 is 23.8 Å². The van der Waals surface area contributed by atoms with Crippen molar-refractivity contribution < 1.29 is 0 Å². The predicted molar refractivity (Wildman–Crippen MR) is 106 cm³/mol. The second-order valence-electron chi connectivity index (χ2n) is 6.20. The van der Waals surface area contributed by atoms with Crippen LogP contribution in [0.4, 0.5) is 11.5 Å². The molecule has 0 bridgehead atoms. The Bertz CT molecular complexity index is 931. The molecule has 0 saturated heterocycles. The van der Waals surface area contributed by atoms with E-state index >= 15 is 0 Å². The number of halogens is 1. The Hall–Kier alpha value is -2.37. The lowest BCUT2D eigenvalue weighted by atomic mass is 9.95. The van der Waals surface area contributed by atoms with Crippen LogP contribution in [0.25, 0.3) is 0 Å². The van der Waals surface area contributed by atoms with Crippen molar-refractivity contribution in [2.75, 3.05) is 10.2 Å². The number of aromatic amines is 1. The van der Waals surface area contributed by atoms with E-state index in [0.29, 0.717) is 10.1 Å². The molecule has 4 rings (SSSR count). The molecule has 126 valence electrons. The molecule has 1 aliphatic rings.